The van der Waals surface area contributed by atoms with Gasteiger partial charge in [-0.05, 0) is 37.1 Å². The Labute approximate surface area is 151 Å². The molecule has 6 nitrogen and oxygen atoms in total. The number of likely N-dealkylation sites (tertiary alicyclic amines) is 1. The number of nitrogens with one attached hydrogen (secondary N) is 1. The van der Waals surface area contributed by atoms with Gasteiger partial charge in [-0.1, -0.05) is 18.6 Å². The van der Waals surface area contributed by atoms with Crippen LogP contribution in [0.15, 0.2) is 42.6 Å². The van der Waals surface area contributed by atoms with E-state index in [0.717, 1.165) is 19.3 Å². The molecule has 136 valence electrons. The standard InChI is InChI=1S/C19H20FN3O3/c20-14-7-3-4-9-16(14)26-19-15(8-6-11-21-19)22-17(24)13-23-12-5-1-2-10-18(23)25/h3-4,6-9,11H,1-2,5,10,12-13H2,(H,22,24). The third-order valence-corrected chi connectivity index (χ3v) is 4.09. The first-order valence-electron chi connectivity index (χ1n) is 8.58. The summed E-state index contributed by atoms with van der Waals surface area (Å²) in [6.45, 7) is 0.560. The highest BCUT2D eigenvalue weighted by molar-refractivity contribution is 5.95. The summed E-state index contributed by atoms with van der Waals surface area (Å²) in [5.74, 6) is -0.763. The van der Waals surface area contributed by atoms with Crippen molar-refractivity contribution in [3.63, 3.8) is 0 Å². The SMILES string of the molecule is O=C(CN1CCCCCC1=O)Nc1cccnc1Oc1ccccc1F. The van der Waals surface area contributed by atoms with Crippen LogP contribution in [0.25, 0.3) is 0 Å². The molecule has 2 heterocycles. The normalized spacial score (nSPS) is 14.7. The van der Waals surface area contributed by atoms with Crippen LogP contribution in [0.4, 0.5) is 10.1 Å². The number of halogens is 1. The number of anilines is 1. The van der Waals surface area contributed by atoms with E-state index < -0.39 is 5.82 Å². The molecule has 0 bridgehead atoms. The predicted molar refractivity (Wildman–Crippen MR) is 94.4 cm³/mol. The highest BCUT2D eigenvalue weighted by atomic mass is 19.1. The maximum absolute atomic E-state index is 13.8. The fourth-order valence-corrected chi connectivity index (χ4v) is 2.77. The molecule has 1 N–H and O–H groups in total. The van der Waals surface area contributed by atoms with E-state index in [4.69, 9.17) is 4.74 Å². The summed E-state index contributed by atoms with van der Waals surface area (Å²) in [6.07, 6.45) is 4.72. The van der Waals surface area contributed by atoms with Gasteiger partial charge in [0.25, 0.3) is 0 Å². The van der Waals surface area contributed by atoms with Crippen LogP contribution in [0.2, 0.25) is 0 Å². The van der Waals surface area contributed by atoms with E-state index in [1.165, 1.54) is 18.3 Å². The molecule has 1 saturated heterocycles. The highest BCUT2D eigenvalue weighted by Crippen LogP contribution is 2.28. The molecular formula is C19H20FN3O3. The average Bonchev–Trinajstić information content (AvgIpc) is 2.83. The van der Waals surface area contributed by atoms with E-state index in [-0.39, 0.29) is 30.0 Å². The van der Waals surface area contributed by atoms with Gasteiger partial charge in [0, 0.05) is 19.2 Å². The molecule has 1 aromatic heterocycles. The number of amides is 2. The van der Waals surface area contributed by atoms with E-state index in [1.807, 2.05) is 0 Å². The number of para-hydroxylation sites is 1. The van der Waals surface area contributed by atoms with Gasteiger partial charge in [-0.15, -0.1) is 0 Å². The summed E-state index contributed by atoms with van der Waals surface area (Å²) in [5, 5.41) is 2.70. The topological polar surface area (TPSA) is 71.5 Å². The third kappa shape index (κ3) is 4.56. The fraction of sp³-hybridized carbons (Fsp3) is 0.316. The number of rotatable bonds is 5. The van der Waals surface area contributed by atoms with Gasteiger partial charge in [-0.25, -0.2) is 9.37 Å². The lowest BCUT2D eigenvalue weighted by Crippen LogP contribution is -2.37. The number of aromatic nitrogens is 1. The van der Waals surface area contributed by atoms with Crippen molar-refractivity contribution in [2.75, 3.05) is 18.4 Å². The van der Waals surface area contributed by atoms with Crippen molar-refractivity contribution in [1.82, 2.24) is 9.88 Å². The van der Waals surface area contributed by atoms with Gasteiger partial charge < -0.3 is 15.0 Å². The molecule has 3 rings (SSSR count). The van der Waals surface area contributed by atoms with Crippen LogP contribution in [0.1, 0.15) is 25.7 Å². The summed E-state index contributed by atoms with van der Waals surface area (Å²) < 4.78 is 19.3. The molecule has 1 fully saturated rings. The molecule has 0 radical (unpaired) electrons. The van der Waals surface area contributed by atoms with Crippen LogP contribution < -0.4 is 10.1 Å². The molecule has 1 aromatic carbocycles. The molecule has 0 spiro atoms. The molecule has 0 unspecified atom stereocenters. The monoisotopic (exact) mass is 357 g/mol. The highest BCUT2D eigenvalue weighted by Gasteiger charge is 2.20. The number of hydrogen-bond acceptors (Lipinski definition) is 4. The first-order chi connectivity index (χ1) is 12.6. The number of nitrogens with zero attached hydrogens (tertiary/aromatic N) is 2. The van der Waals surface area contributed by atoms with Gasteiger partial charge in [-0.2, -0.15) is 0 Å². The second-order valence-corrected chi connectivity index (χ2v) is 6.06. The molecule has 0 atom stereocenters. The molecule has 2 amide bonds. The maximum atomic E-state index is 13.8. The molecule has 1 aliphatic rings. The molecular weight excluding hydrogens is 337 g/mol. The predicted octanol–water partition coefficient (Wildman–Crippen LogP) is 3.35. The molecule has 0 aliphatic carbocycles. The molecule has 7 heteroatoms. The van der Waals surface area contributed by atoms with Crippen LogP contribution in [0, 0.1) is 5.82 Å². The number of benzene rings is 1. The van der Waals surface area contributed by atoms with E-state index >= 15 is 0 Å². The summed E-state index contributed by atoms with van der Waals surface area (Å²) in [6, 6.07) is 9.21. The van der Waals surface area contributed by atoms with E-state index in [2.05, 4.69) is 10.3 Å². The van der Waals surface area contributed by atoms with Gasteiger partial charge in [0.1, 0.15) is 5.69 Å². The quantitative estimate of drug-likeness (QED) is 0.891. The molecule has 1 aliphatic heterocycles. The Kier molecular flexibility index (Phi) is 5.78. The number of pyridine rings is 1. The lowest BCUT2D eigenvalue weighted by molar-refractivity contribution is -0.134. The first kappa shape index (κ1) is 17.8. The Bertz CT molecular complexity index is 797. The van der Waals surface area contributed by atoms with E-state index in [9.17, 15) is 14.0 Å². The molecule has 26 heavy (non-hydrogen) atoms. The zero-order valence-electron chi connectivity index (χ0n) is 14.3. The van der Waals surface area contributed by atoms with Crippen molar-refractivity contribution in [1.29, 1.82) is 0 Å². The number of ether oxygens (including phenoxy) is 1. The Balaban J connectivity index is 1.69. The maximum Gasteiger partial charge on any atom is 0.244 e. The minimum absolute atomic E-state index is 0.00772. The van der Waals surface area contributed by atoms with E-state index in [1.54, 1.807) is 29.2 Å². The van der Waals surface area contributed by atoms with Gasteiger partial charge >= 0.3 is 0 Å². The van der Waals surface area contributed by atoms with Crippen molar-refractivity contribution in [2.24, 2.45) is 0 Å². The Morgan fingerprint density at radius 3 is 2.88 bits per heavy atom. The largest absolute Gasteiger partial charge is 0.434 e. The number of carbonyl (C=O) groups is 2. The second-order valence-electron chi connectivity index (χ2n) is 6.06. The van der Waals surface area contributed by atoms with Crippen molar-refractivity contribution in [2.45, 2.75) is 25.7 Å². The van der Waals surface area contributed by atoms with Crippen LogP contribution in [0.5, 0.6) is 11.6 Å². The number of hydrogen-bond donors (Lipinski definition) is 1. The van der Waals surface area contributed by atoms with Gasteiger partial charge in [0.15, 0.2) is 11.6 Å². The fourth-order valence-electron chi connectivity index (χ4n) is 2.77. The third-order valence-electron chi connectivity index (χ3n) is 4.09. The van der Waals surface area contributed by atoms with Gasteiger partial charge in [-0.3, -0.25) is 9.59 Å². The zero-order chi connectivity index (χ0) is 18.4. The Morgan fingerprint density at radius 1 is 1.19 bits per heavy atom. The average molecular weight is 357 g/mol. The van der Waals surface area contributed by atoms with Crippen molar-refractivity contribution in [3.05, 3.63) is 48.4 Å². The lowest BCUT2D eigenvalue weighted by Gasteiger charge is -2.20. The second kappa shape index (κ2) is 8.42. The smallest absolute Gasteiger partial charge is 0.244 e. The summed E-state index contributed by atoms with van der Waals surface area (Å²) in [5.41, 5.74) is 0.322. The van der Waals surface area contributed by atoms with Crippen molar-refractivity contribution in [3.8, 4) is 11.6 Å². The Hall–Kier alpha value is -2.96. The zero-order valence-corrected chi connectivity index (χ0v) is 14.3. The van der Waals surface area contributed by atoms with Crippen molar-refractivity contribution < 1.29 is 18.7 Å². The number of carbonyl (C=O) groups excluding carboxylic acids is 2. The van der Waals surface area contributed by atoms with Crippen LogP contribution >= 0.6 is 0 Å². The lowest BCUT2D eigenvalue weighted by atomic mass is 10.2. The molecule has 0 saturated carbocycles. The van der Waals surface area contributed by atoms with Crippen LogP contribution in [0.3, 0.4) is 0 Å². The summed E-state index contributed by atoms with van der Waals surface area (Å²) >= 11 is 0. The van der Waals surface area contributed by atoms with Crippen LogP contribution in [-0.2, 0) is 9.59 Å². The Morgan fingerprint density at radius 2 is 2.04 bits per heavy atom. The summed E-state index contributed by atoms with van der Waals surface area (Å²) in [7, 11) is 0. The first-order valence-corrected chi connectivity index (χ1v) is 8.58. The van der Waals surface area contributed by atoms with Crippen LogP contribution in [-0.4, -0.2) is 34.8 Å². The van der Waals surface area contributed by atoms with Crippen molar-refractivity contribution >= 4 is 17.5 Å². The molecule has 2 aromatic rings. The van der Waals surface area contributed by atoms with E-state index in [0.29, 0.717) is 18.7 Å². The summed E-state index contributed by atoms with van der Waals surface area (Å²) in [4.78, 5) is 30.0. The minimum atomic E-state index is -0.523. The minimum Gasteiger partial charge on any atom is -0.434 e. The van der Waals surface area contributed by atoms with Gasteiger partial charge in [0.2, 0.25) is 17.7 Å². The van der Waals surface area contributed by atoms with Gasteiger partial charge in [0.05, 0.1) is 6.54 Å².